The Bertz CT molecular complexity index is 801. The summed E-state index contributed by atoms with van der Waals surface area (Å²) in [6.45, 7) is 0.783. The minimum atomic E-state index is -4.44. The van der Waals surface area contributed by atoms with Crippen LogP contribution in [0.5, 0.6) is 5.75 Å². The summed E-state index contributed by atoms with van der Waals surface area (Å²) in [5.74, 6) is -0.399. The molecule has 0 radical (unpaired) electrons. The summed E-state index contributed by atoms with van der Waals surface area (Å²) >= 11 is 0. The third-order valence-electron chi connectivity index (χ3n) is 4.53. The SMILES string of the molecule is O=C(Cc1ccccc1OCC(F)(F)F)N1CCN(c2ccc(F)cc2)CC1. The maximum Gasteiger partial charge on any atom is 0.422 e. The van der Waals surface area contributed by atoms with Crippen LogP contribution in [0.1, 0.15) is 5.56 Å². The lowest BCUT2D eigenvalue weighted by Crippen LogP contribution is -2.49. The van der Waals surface area contributed by atoms with E-state index in [0.717, 1.165) is 5.69 Å². The smallest absolute Gasteiger partial charge is 0.422 e. The summed E-state index contributed by atoms with van der Waals surface area (Å²) in [5.41, 5.74) is 1.32. The number of para-hydroxylation sites is 1. The number of alkyl halides is 3. The largest absolute Gasteiger partial charge is 0.484 e. The molecule has 3 rings (SSSR count). The zero-order valence-electron chi connectivity index (χ0n) is 15.1. The van der Waals surface area contributed by atoms with Crippen LogP contribution in [0, 0.1) is 5.82 Å². The highest BCUT2D eigenvalue weighted by molar-refractivity contribution is 5.79. The topological polar surface area (TPSA) is 32.8 Å². The Morgan fingerprint density at radius 2 is 1.61 bits per heavy atom. The minimum absolute atomic E-state index is 0.0232. The average Bonchev–Trinajstić information content (AvgIpc) is 2.67. The van der Waals surface area contributed by atoms with Crippen LogP contribution in [0.3, 0.4) is 0 Å². The molecule has 1 fully saturated rings. The third-order valence-corrected chi connectivity index (χ3v) is 4.53. The molecule has 0 bridgehead atoms. The first kappa shape index (κ1) is 20.0. The molecule has 4 nitrogen and oxygen atoms in total. The molecule has 28 heavy (non-hydrogen) atoms. The number of ether oxygens (including phenoxy) is 1. The first-order chi connectivity index (χ1) is 13.3. The minimum Gasteiger partial charge on any atom is -0.484 e. The van der Waals surface area contributed by atoms with Gasteiger partial charge in [-0.2, -0.15) is 13.2 Å². The molecule has 0 spiro atoms. The third kappa shape index (κ3) is 5.37. The Balaban J connectivity index is 1.57. The quantitative estimate of drug-likeness (QED) is 0.724. The summed E-state index contributed by atoms with van der Waals surface area (Å²) in [6, 6.07) is 12.4. The number of rotatable bonds is 5. The molecule has 8 heteroatoms. The standard InChI is InChI=1S/C20H20F4N2O2/c21-16-5-7-17(8-6-16)25-9-11-26(12-10-25)19(27)13-15-3-1-2-4-18(15)28-14-20(22,23)24/h1-8H,9-14H2. The molecule has 1 saturated heterocycles. The molecule has 0 aromatic heterocycles. The summed E-state index contributed by atoms with van der Waals surface area (Å²) in [5, 5.41) is 0. The fourth-order valence-corrected chi connectivity index (χ4v) is 3.09. The van der Waals surface area contributed by atoms with Gasteiger partial charge in [0.1, 0.15) is 11.6 Å². The van der Waals surface area contributed by atoms with Gasteiger partial charge in [0.2, 0.25) is 5.91 Å². The van der Waals surface area contributed by atoms with Crippen LogP contribution in [-0.2, 0) is 11.2 Å². The number of amides is 1. The summed E-state index contributed by atoms with van der Waals surface area (Å²) in [6.07, 6.45) is -4.46. The molecule has 1 heterocycles. The van der Waals surface area contributed by atoms with E-state index in [9.17, 15) is 22.4 Å². The van der Waals surface area contributed by atoms with Gasteiger partial charge in [-0.05, 0) is 30.3 Å². The van der Waals surface area contributed by atoms with E-state index in [1.54, 1.807) is 35.2 Å². The number of carbonyl (C=O) groups is 1. The number of halogens is 4. The van der Waals surface area contributed by atoms with E-state index < -0.39 is 12.8 Å². The highest BCUT2D eigenvalue weighted by Crippen LogP contribution is 2.23. The lowest BCUT2D eigenvalue weighted by atomic mass is 10.1. The molecular formula is C20H20F4N2O2. The van der Waals surface area contributed by atoms with Gasteiger partial charge in [0.05, 0.1) is 6.42 Å². The lowest BCUT2D eigenvalue weighted by molar-refractivity contribution is -0.153. The fourth-order valence-electron chi connectivity index (χ4n) is 3.09. The second kappa shape index (κ2) is 8.50. The Hall–Kier alpha value is -2.77. The number of benzene rings is 2. The zero-order valence-corrected chi connectivity index (χ0v) is 15.1. The number of piperazine rings is 1. The fraction of sp³-hybridized carbons (Fsp3) is 0.350. The average molecular weight is 396 g/mol. The molecule has 2 aromatic rings. The van der Waals surface area contributed by atoms with E-state index in [0.29, 0.717) is 31.7 Å². The van der Waals surface area contributed by atoms with Crippen molar-refractivity contribution in [2.24, 2.45) is 0 Å². The van der Waals surface area contributed by atoms with Crippen LogP contribution in [-0.4, -0.2) is 49.8 Å². The van der Waals surface area contributed by atoms with Gasteiger partial charge in [-0.1, -0.05) is 18.2 Å². The van der Waals surface area contributed by atoms with Crippen molar-refractivity contribution < 1.29 is 27.1 Å². The number of anilines is 1. The van der Waals surface area contributed by atoms with E-state index in [4.69, 9.17) is 4.74 Å². The van der Waals surface area contributed by atoms with Crippen molar-refractivity contribution in [1.82, 2.24) is 4.90 Å². The number of carbonyl (C=O) groups excluding carboxylic acids is 1. The van der Waals surface area contributed by atoms with Gasteiger partial charge in [0, 0.05) is 37.4 Å². The van der Waals surface area contributed by atoms with Gasteiger partial charge < -0.3 is 14.5 Å². The Labute approximate surface area is 160 Å². The first-order valence-corrected chi connectivity index (χ1v) is 8.87. The van der Waals surface area contributed by atoms with E-state index in [1.807, 2.05) is 0 Å². The van der Waals surface area contributed by atoms with Crippen molar-refractivity contribution in [1.29, 1.82) is 0 Å². The van der Waals surface area contributed by atoms with Crippen LogP contribution in [0.25, 0.3) is 0 Å². The monoisotopic (exact) mass is 396 g/mol. The molecule has 0 unspecified atom stereocenters. The number of hydrogen-bond donors (Lipinski definition) is 0. The molecule has 150 valence electrons. The first-order valence-electron chi connectivity index (χ1n) is 8.87. The van der Waals surface area contributed by atoms with E-state index >= 15 is 0 Å². The van der Waals surface area contributed by atoms with Crippen LogP contribution in [0.4, 0.5) is 23.2 Å². The summed E-state index contributed by atoms with van der Waals surface area (Å²) < 4.78 is 55.1. The van der Waals surface area contributed by atoms with Gasteiger partial charge in [0.25, 0.3) is 0 Å². The van der Waals surface area contributed by atoms with E-state index in [1.165, 1.54) is 18.2 Å². The Kier molecular flexibility index (Phi) is 6.06. The summed E-state index contributed by atoms with van der Waals surface area (Å²) in [4.78, 5) is 16.3. The molecule has 1 aliphatic heterocycles. The molecule has 0 atom stereocenters. The van der Waals surface area contributed by atoms with Crippen LogP contribution in [0.15, 0.2) is 48.5 Å². The predicted molar refractivity (Wildman–Crippen MR) is 96.9 cm³/mol. The van der Waals surface area contributed by atoms with Crippen molar-refractivity contribution in [3.63, 3.8) is 0 Å². The maximum absolute atomic E-state index is 13.0. The van der Waals surface area contributed by atoms with Crippen molar-refractivity contribution in [3.05, 3.63) is 59.9 Å². The maximum atomic E-state index is 13.0. The van der Waals surface area contributed by atoms with Crippen LogP contribution >= 0.6 is 0 Å². The molecule has 0 saturated carbocycles. The van der Waals surface area contributed by atoms with Crippen LogP contribution < -0.4 is 9.64 Å². The van der Waals surface area contributed by atoms with Gasteiger partial charge >= 0.3 is 6.18 Å². The van der Waals surface area contributed by atoms with Gasteiger partial charge in [-0.25, -0.2) is 4.39 Å². The van der Waals surface area contributed by atoms with Crippen molar-refractivity contribution >= 4 is 11.6 Å². The van der Waals surface area contributed by atoms with Gasteiger partial charge in [0.15, 0.2) is 6.61 Å². The van der Waals surface area contributed by atoms with E-state index in [-0.39, 0.29) is 23.9 Å². The molecular weight excluding hydrogens is 376 g/mol. The second-order valence-electron chi connectivity index (χ2n) is 6.53. The summed E-state index contributed by atoms with van der Waals surface area (Å²) in [7, 11) is 0. The Morgan fingerprint density at radius 1 is 0.964 bits per heavy atom. The second-order valence-corrected chi connectivity index (χ2v) is 6.53. The lowest BCUT2D eigenvalue weighted by Gasteiger charge is -2.36. The van der Waals surface area contributed by atoms with E-state index in [2.05, 4.69) is 4.90 Å². The normalized spacial score (nSPS) is 14.9. The Morgan fingerprint density at radius 3 is 2.25 bits per heavy atom. The number of nitrogens with zero attached hydrogens (tertiary/aromatic N) is 2. The van der Waals surface area contributed by atoms with Gasteiger partial charge in [-0.15, -0.1) is 0 Å². The van der Waals surface area contributed by atoms with Crippen molar-refractivity contribution in [3.8, 4) is 5.75 Å². The molecule has 0 aliphatic carbocycles. The van der Waals surface area contributed by atoms with Crippen molar-refractivity contribution in [2.75, 3.05) is 37.7 Å². The predicted octanol–water partition coefficient (Wildman–Crippen LogP) is 3.66. The molecule has 0 N–H and O–H groups in total. The zero-order chi connectivity index (χ0) is 20.1. The molecule has 1 amide bonds. The number of hydrogen-bond acceptors (Lipinski definition) is 3. The molecule has 2 aromatic carbocycles. The highest BCUT2D eigenvalue weighted by Gasteiger charge is 2.29. The van der Waals surface area contributed by atoms with Crippen LogP contribution in [0.2, 0.25) is 0 Å². The molecule has 1 aliphatic rings. The van der Waals surface area contributed by atoms with Crippen molar-refractivity contribution in [2.45, 2.75) is 12.6 Å². The van der Waals surface area contributed by atoms with Gasteiger partial charge in [-0.3, -0.25) is 4.79 Å². The highest BCUT2D eigenvalue weighted by atomic mass is 19.4.